The number of carbonyl (C=O) groups excluding carboxylic acids is 2. The summed E-state index contributed by atoms with van der Waals surface area (Å²) < 4.78 is 10.4. The highest BCUT2D eigenvalue weighted by Crippen LogP contribution is 2.21. The van der Waals surface area contributed by atoms with Crippen LogP contribution in [0, 0.1) is 5.92 Å². The standard InChI is InChI=1S/C21H28N2O6/c1-21(2,3)29-20(27)23-11-9-15(10-12-23)13-17(18(24)25)22-19(26)28-14-16-7-5-4-6-8-16/h4-8,13,15H,9-12,14H2,1-3H3,(H,22,26)(H,24,25)/b17-13-. The fraction of sp³-hybridized carbons (Fsp3) is 0.476. The summed E-state index contributed by atoms with van der Waals surface area (Å²) in [7, 11) is 0. The number of rotatable bonds is 5. The lowest BCUT2D eigenvalue weighted by atomic mass is 9.96. The lowest BCUT2D eigenvalue weighted by Crippen LogP contribution is -2.41. The van der Waals surface area contributed by atoms with E-state index in [0.717, 1.165) is 5.56 Å². The van der Waals surface area contributed by atoms with Crippen molar-refractivity contribution in [3.8, 4) is 0 Å². The average molecular weight is 404 g/mol. The van der Waals surface area contributed by atoms with E-state index in [1.807, 2.05) is 39.0 Å². The van der Waals surface area contributed by atoms with Crippen LogP contribution in [0.15, 0.2) is 42.1 Å². The Morgan fingerprint density at radius 2 is 1.79 bits per heavy atom. The minimum absolute atomic E-state index is 0.0495. The number of carbonyl (C=O) groups is 3. The van der Waals surface area contributed by atoms with Gasteiger partial charge in [-0.3, -0.25) is 5.32 Å². The van der Waals surface area contributed by atoms with E-state index in [-0.39, 0.29) is 24.3 Å². The molecule has 1 heterocycles. The number of likely N-dealkylation sites (tertiary alicyclic amines) is 1. The van der Waals surface area contributed by atoms with E-state index >= 15 is 0 Å². The summed E-state index contributed by atoms with van der Waals surface area (Å²) >= 11 is 0. The highest BCUT2D eigenvalue weighted by atomic mass is 16.6. The third-order valence-corrected chi connectivity index (χ3v) is 4.27. The summed E-state index contributed by atoms with van der Waals surface area (Å²) in [5, 5.41) is 11.7. The molecule has 0 radical (unpaired) electrons. The molecule has 0 atom stereocenters. The molecule has 29 heavy (non-hydrogen) atoms. The van der Waals surface area contributed by atoms with E-state index < -0.39 is 17.7 Å². The zero-order chi connectivity index (χ0) is 21.4. The number of alkyl carbamates (subject to hydrolysis) is 1. The third-order valence-electron chi connectivity index (χ3n) is 4.27. The maximum Gasteiger partial charge on any atom is 0.412 e. The van der Waals surface area contributed by atoms with Crippen molar-refractivity contribution >= 4 is 18.2 Å². The second-order valence-corrected chi connectivity index (χ2v) is 7.88. The quantitative estimate of drug-likeness (QED) is 0.728. The SMILES string of the molecule is CC(C)(C)OC(=O)N1CCC(/C=C(\NC(=O)OCc2ccccc2)C(=O)O)CC1. The maximum atomic E-state index is 12.1. The van der Waals surface area contributed by atoms with Crippen LogP contribution < -0.4 is 5.32 Å². The van der Waals surface area contributed by atoms with Gasteiger partial charge in [-0.2, -0.15) is 0 Å². The number of hydrogen-bond acceptors (Lipinski definition) is 5. The van der Waals surface area contributed by atoms with Crippen LogP contribution in [0.25, 0.3) is 0 Å². The molecule has 8 nitrogen and oxygen atoms in total. The van der Waals surface area contributed by atoms with Gasteiger partial charge in [0.2, 0.25) is 0 Å². The second-order valence-electron chi connectivity index (χ2n) is 7.88. The van der Waals surface area contributed by atoms with Gasteiger partial charge in [-0.1, -0.05) is 30.3 Å². The molecule has 2 rings (SSSR count). The largest absolute Gasteiger partial charge is 0.477 e. The number of allylic oxidation sites excluding steroid dienone is 1. The van der Waals surface area contributed by atoms with E-state index in [1.165, 1.54) is 6.08 Å². The van der Waals surface area contributed by atoms with Gasteiger partial charge >= 0.3 is 18.2 Å². The zero-order valence-corrected chi connectivity index (χ0v) is 17.0. The van der Waals surface area contributed by atoms with Gasteiger partial charge in [0.05, 0.1) is 0 Å². The fourth-order valence-electron chi connectivity index (χ4n) is 2.85. The number of carboxylic acid groups (broad SMARTS) is 1. The van der Waals surface area contributed by atoms with Crippen molar-refractivity contribution < 1.29 is 29.0 Å². The summed E-state index contributed by atoms with van der Waals surface area (Å²) in [5.41, 5.74) is 0.0192. The van der Waals surface area contributed by atoms with Crippen molar-refractivity contribution in [1.29, 1.82) is 0 Å². The van der Waals surface area contributed by atoms with Crippen molar-refractivity contribution in [2.75, 3.05) is 13.1 Å². The van der Waals surface area contributed by atoms with Crippen molar-refractivity contribution in [1.82, 2.24) is 10.2 Å². The Labute approximate surface area is 170 Å². The lowest BCUT2D eigenvalue weighted by Gasteiger charge is -2.32. The number of aliphatic carboxylic acids is 1. The van der Waals surface area contributed by atoms with Gasteiger partial charge in [0, 0.05) is 13.1 Å². The molecule has 0 aromatic heterocycles. The summed E-state index contributed by atoms with van der Waals surface area (Å²) in [4.78, 5) is 37.1. The molecular formula is C21H28N2O6. The molecule has 1 aliphatic rings. The molecule has 158 valence electrons. The number of carboxylic acids is 1. The first-order valence-corrected chi connectivity index (χ1v) is 9.55. The second kappa shape index (κ2) is 9.95. The van der Waals surface area contributed by atoms with Crippen LogP contribution in [0.5, 0.6) is 0 Å². The molecule has 0 bridgehead atoms. The predicted octanol–water partition coefficient (Wildman–Crippen LogP) is 3.53. The van der Waals surface area contributed by atoms with Crippen molar-refractivity contribution in [3.63, 3.8) is 0 Å². The van der Waals surface area contributed by atoms with E-state index in [0.29, 0.717) is 25.9 Å². The fourth-order valence-corrected chi connectivity index (χ4v) is 2.85. The van der Waals surface area contributed by atoms with Crippen molar-refractivity contribution in [3.05, 3.63) is 47.7 Å². The topological polar surface area (TPSA) is 105 Å². The highest BCUT2D eigenvalue weighted by Gasteiger charge is 2.27. The number of hydrogen-bond donors (Lipinski definition) is 2. The minimum Gasteiger partial charge on any atom is -0.477 e. The Hall–Kier alpha value is -3.03. The van der Waals surface area contributed by atoms with Crippen LogP contribution in [0.1, 0.15) is 39.2 Å². The molecule has 1 fully saturated rings. The number of benzene rings is 1. The molecule has 1 aromatic rings. The molecule has 1 aromatic carbocycles. The number of nitrogens with one attached hydrogen (secondary N) is 1. The predicted molar refractivity (Wildman–Crippen MR) is 106 cm³/mol. The summed E-state index contributed by atoms with van der Waals surface area (Å²) in [5.74, 6) is -1.31. The van der Waals surface area contributed by atoms with Gasteiger partial charge in [0.15, 0.2) is 0 Å². The summed E-state index contributed by atoms with van der Waals surface area (Å²) in [6.45, 7) is 6.39. The molecule has 0 aliphatic carbocycles. The highest BCUT2D eigenvalue weighted by molar-refractivity contribution is 5.90. The molecule has 8 heteroatoms. The van der Waals surface area contributed by atoms with E-state index in [9.17, 15) is 19.5 Å². The molecule has 2 amide bonds. The Bertz CT molecular complexity index is 746. The van der Waals surface area contributed by atoms with Crippen LogP contribution in [0.2, 0.25) is 0 Å². The Morgan fingerprint density at radius 3 is 2.34 bits per heavy atom. The molecular weight excluding hydrogens is 376 g/mol. The summed E-state index contributed by atoms with van der Waals surface area (Å²) in [6.07, 6.45) is 1.47. The van der Waals surface area contributed by atoms with Gasteiger partial charge in [0.25, 0.3) is 0 Å². The Morgan fingerprint density at radius 1 is 1.17 bits per heavy atom. The molecule has 1 aliphatic heterocycles. The Balaban J connectivity index is 1.86. The molecule has 0 saturated carbocycles. The zero-order valence-electron chi connectivity index (χ0n) is 17.0. The van der Waals surface area contributed by atoms with Gasteiger partial charge in [-0.15, -0.1) is 0 Å². The van der Waals surface area contributed by atoms with Gasteiger partial charge < -0.3 is 19.5 Å². The summed E-state index contributed by atoms with van der Waals surface area (Å²) in [6, 6.07) is 9.11. The van der Waals surface area contributed by atoms with Crippen LogP contribution >= 0.6 is 0 Å². The van der Waals surface area contributed by atoms with Crippen LogP contribution in [0.3, 0.4) is 0 Å². The first-order chi connectivity index (χ1) is 13.6. The minimum atomic E-state index is -1.24. The smallest absolute Gasteiger partial charge is 0.412 e. The van der Waals surface area contributed by atoms with Crippen LogP contribution in [-0.4, -0.2) is 46.9 Å². The normalized spacial score (nSPS) is 15.6. The molecule has 0 unspecified atom stereocenters. The number of nitrogens with zero attached hydrogens (tertiary/aromatic N) is 1. The van der Waals surface area contributed by atoms with Crippen LogP contribution in [0.4, 0.5) is 9.59 Å². The lowest BCUT2D eigenvalue weighted by molar-refractivity contribution is -0.133. The number of ether oxygens (including phenoxy) is 2. The Kier molecular flexibility index (Phi) is 7.64. The molecule has 1 saturated heterocycles. The molecule has 2 N–H and O–H groups in total. The van der Waals surface area contributed by atoms with Crippen molar-refractivity contribution in [2.45, 2.75) is 45.8 Å². The van der Waals surface area contributed by atoms with E-state index in [1.54, 1.807) is 17.0 Å². The number of amides is 2. The number of piperidine rings is 1. The maximum absolute atomic E-state index is 12.1. The van der Waals surface area contributed by atoms with E-state index in [4.69, 9.17) is 9.47 Å². The van der Waals surface area contributed by atoms with Gasteiger partial charge in [-0.25, -0.2) is 14.4 Å². The first-order valence-electron chi connectivity index (χ1n) is 9.55. The van der Waals surface area contributed by atoms with Gasteiger partial charge in [-0.05, 0) is 51.2 Å². The average Bonchev–Trinajstić information content (AvgIpc) is 2.66. The van der Waals surface area contributed by atoms with E-state index in [2.05, 4.69) is 5.32 Å². The first kappa shape index (κ1) is 22.3. The van der Waals surface area contributed by atoms with Gasteiger partial charge in [0.1, 0.15) is 17.9 Å². The molecule has 0 spiro atoms. The monoisotopic (exact) mass is 404 g/mol. The third kappa shape index (κ3) is 7.85. The van der Waals surface area contributed by atoms with Crippen molar-refractivity contribution in [2.24, 2.45) is 5.92 Å². The van der Waals surface area contributed by atoms with Crippen LogP contribution in [-0.2, 0) is 20.9 Å².